The van der Waals surface area contributed by atoms with Crippen LogP contribution in [-0.4, -0.2) is 73.8 Å². The molecule has 1 aromatic heterocycles. The molecule has 2 unspecified atom stereocenters. The average molecular weight is 522 g/mol. The van der Waals surface area contributed by atoms with Gasteiger partial charge in [0, 0.05) is 49.9 Å². The van der Waals surface area contributed by atoms with Crippen molar-refractivity contribution in [1.29, 1.82) is 0 Å². The summed E-state index contributed by atoms with van der Waals surface area (Å²) >= 11 is 0. The second kappa shape index (κ2) is 12.3. The van der Waals surface area contributed by atoms with Crippen molar-refractivity contribution in [3.63, 3.8) is 0 Å². The van der Waals surface area contributed by atoms with E-state index in [-0.39, 0.29) is 23.3 Å². The number of ether oxygens (including phenoxy) is 2. The molecule has 0 bridgehead atoms. The van der Waals surface area contributed by atoms with Crippen LogP contribution in [0, 0.1) is 23.5 Å². The van der Waals surface area contributed by atoms with Gasteiger partial charge in [0.25, 0.3) is 0 Å². The zero-order valence-electron chi connectivity index (χ0n) is 21.6. The van der Waals surface area contributed by atoms with E-state index in [9.17, 15) is 13.6 Å². The van der Waals surface area contributed by atoms with Crippen LogP contribution in [0.25, 0.3) is 0 Å². The van der Waals surface area contributed by atoms with Gasteiger partial charge in [-0.15, -0.1) is 0 Å². The lowest BCUT2D eigenvalue weighted by atomic mass is 9.86. The highest BCUT2D eigenvalue weighted by atomic mass is 19.1. The molecular formula is C26H37F2N5O4. The molecule has 0 amide bonds. The molecule has 2 aliphatic heterocycles. The van der Waals surface area contributed by atoms with Gasteiger partial charge in [-0.2, -0.15) is 4.98 Å². The van der Waals surface area contributed by atoms with Gasteiger partial charge in [0.1, 0.15) is 30.3 Å². The Morgan fingerprint density at radius 3 is 2.46 bits per heavy atom. The molecule has 11 heteroatoms. The summed E-state index contributed by atoms with van der Waals surface area (Å²) in [5.41, 5.74) is 6.21. The van der Waals surface area contributed by atoms with Crippen molar-refractivity contribution in [2.75, 3.05) is 51.8 Å². The Balaban J connectivity index is 0.000000572. The molecule has 0 spiro atoms. The van der Waals surface area contributed by atoms with E-state index in [4.69, 9.17) is 19.7 Å². The van der Waals surface area contributed by atoms with Crippen LogP contribution >= 0.6 is 0 Å². The van der Waals surface area contributed by atoms with Crippen LogP contribution in [0.1, 0.15) is 43.5 Å². The summed E-state index contributed by atoms with van der Waals surface area (Å²) in [6.45, 7) is 4.89. The van der Waals surface area contributed by atoms with E-state index in [2.05, 4.69) is 27.0 Å². The molecule has 1 saturated carbocycles. The molecule has 2 atom stereocenters. The molecule has 37 heavy (non-hydrogen) atoms. The van der Waals surface area contributed by atoms with Gasteiger partial charge in [-0.05, 0) is 64.1 Å². The number of anilines is 1. The Morgan fingerprint density at radius 1 is 1.22 bits per heavy atom. The number of carbonyl (C=O) groups is 1. The molecule has 1 aliphatic carbocycles. The van der Waals surface area contributed by atoms with E-state index in [0.29, 0.717) is 43.2 Å². The zero-order valence-corrected chi connectivity index (χ0v) is 21.6. The average Bonchev–Trinajstić information content (AvgIpc) is 3.30. The Morgan fingerprint density at radius 2 is 1.89 bits per heavy atom. The highest BCUT2D eigenvalue weighted by Gasteiger charge is 2.55. The number of aldehydes is 1. The van der Waals surface area contributed by atoms with E-state index >= 15 is 0 Å². The number of aromatic nitrogens is 2. The lowest BCUT2D eigenvalue weighted by Gasteiger charge is -2.34. The van der Waals surface area contributed by atoms with E-state index in [0.717, 1.165) is 50.9 Å². The number of rotatable bonds is 10. The van der Waals surface area contributed by atoms with Gasteiger partial charge in [0.2, 0.25) is 0 Å². The molecule has 2 aromatic rings. The molecule has 1 aromatic carbocycles. The number of methoxy groups -OCH3 is 1. The van der Waals surface area contributed by atoms with Crippen molar-refractivity contribution in [3.8, 4) is 5.75 Å². The number of hydrogen-bond donors (Lipinski definition) is 1. The lowest BCUT2D eigenvalue weighted by Crippen LogP contribution is -2.44. The second-order valence-electron chi connectivity index (χ2n) is 10.2. The topological polar surface area (TPSA) is 107 Å². The molecule has 5 rings (SSSR count). The van der Waals surface area contributed by atoms with Crippen LogP contribution in [0.3, 0.4) is 0 Å². The predicted molar refractivity (Wildman–Crippen MR) is 133 cm³/mol. The fraction of sp³-hybridized carbons (Fsp3) is 0.654. The Labute approximate surface area is 216 Å². The maximum absolute atomic E-state index is 13.9. The first-order chi connectivity index (χ1) is 17.8. The Hall–Kier alpha value is -2.63. The molecule has 3 aliphatic rings. The number of hydrogen-bond acceptors (Lipinski definition) is 9. The first-order valence-corrected chi connectivity index (χ1v) is 12.9. The van der Waals surface area contributed by atoms with Crippen molar-refractivity contribution < 1.29 is 27.6 Å². The minimum Gasteiger partial charge on any atom is -0.493 e. The molecular weight excluding hydrogens is 484 g/mol. The van der Waals surface area contributed by atoms with Crippen LogP contribution in [0.2, 0.25) is 0 Å². The second-order valence-corrected chi connectivity index (χ2v) is 10.2. The number of likely N-dealkylation sites (tertiary alicyclic amines) is 1. The summed E-state index contributed by atoms with van der Waals surface area (Å²) in [6.07, 6.45) is 5.10. The highest BCUT2D eigenvalue weighted by molar-refractivity contribution is 5.55. The third-order valence-corrected chi connectivity index (χ3v) is 7.67. The minimum atomic E-state index is -0.769. The molecule has 9 nitrogen and oxygen atoms in total. The van der Waals surface area contributed by atoms with Crippen LogP contribution in [0.5, 0.6) is 5.75 Å². The van der Waals surface area contributed by atoms with Crippen molar-refractivity contribution >= 4 is 12.3 Å². The standard InChI is InChI=1S/C22H28F2N4O4.C4H9N/c1-30-13-20-26-21(32-27-20)28-6-2-14(3-7-28)22(25)12-15(22)5-9-31-16-10-18(23)17(4-8-29)19(24)11-16;1-5-3-2-4-5/h8,10-11,14-15H,2-7,9,12-13,25H2,1H3;2-4H2,1H3. The molecule has 0 radical (unpaired) electrons. The minimum absolute atomic E-state index is 0.124. The number of piperidine rings is 1. The van der Waals surface area contributed by atoms with Crippen LogP contribution in [0.15, 0.2) is 16.7 Å². The molecule has 2 saturated heterocycles. The van der Waals surface area contributed by atoms with E-state index in [1.807, 2.05) is 0 Å². The Bertz CT molecular complexity index is 1020. The van der Waals surface area contributed by atoms with Gasteiger partial charge >= 0.3 is 6.01 Å². The summed E-state index contributed by atoms with van der Waals surface area (Å²) in [5.74, 6) is -0.176. The lowest BCUT2D eigenvalue weighted by molar-refractivity contribution is -0.107. The third kappa shape index (κ3) is 6.82. The highest BCUT2D eigenvalue weighted by Crippen LogP contribution is 2.52. The molecule has 3 fully saturated rings. The fourth-order valence-electron chi connectivity index (χ4n) is 5.14. The summed E-state index contributed by atoms with van der Waals surface area (Å²) in [6, 6.07) is 2.76. The SMILES string of the molecule is CN1CCC1.COCc1noc(N2CCC(C3(N)CC3CCOc3cc(F)c(CC=O)c(F)c3)CC2)n1. The van der Waals surface area contributed by atoms with Crippen LogP contribution in [-0.2, 0) is 22.6 Å². The van der Waals surface area contributed by atoms with Crippen molar-refractivity contribution in [3.05, 3.63) is 35.2 Å². The number of halogens is 2. The predicted octanol–water partition coefficient (Wildman–Crippen LogP) is 2.96. The summed E-state index contributed by atoms with van der Waals surface area (Å²) in [7, 11) is 3.73. The first kappa shape index (κ1) is 27.4. The first-order valence-electron chi connectivity index (χ1n) is 12.9. The summed E-state index contributed by atoms with van der Waals surface area (Å²) in [4.78, 5) is 19.3. The van der Waals surface area contributed by atoms with Gasteiger partial charge in [-0.3, -0.25) is 0 Å². The maximum atomic E-state index is 13.9. The molecule has 3 heterocycles. The van der Waals surface area contributed by atoms with Crippen molar-refractivity contribution in [1.82, 2.24) is 15.0 Å². The van der Waals surface area contributed by atoms with Gasteiger partial charge in [-0.1, -0.05) is 5.16 Å². The monoisotopic (exact) mass is 521 g/mol. The van der Waals surface area contributed by atoms with E-state index in [1.165, 1.54) is 19.5 Å². The van der Waals surface area contributed by atoms with Gasteiger partial charge in [-0.25, -0.2) is 8.78 Å². The normalized spacial score (nSPS) is 23.7. The number of benzene rings is 1. The van der Waals surface area contributed by atoms with Crippen molar-refractivity contribution in [2.24, 2.45) is 17.6 Å². The molecule has 2 N–H and O–H groups in total. The van der Waals surface area contributed by atoms with Gasteiger partial charge < -0.3 is 34.3 Å². The summed E-state index contributed by atoms with van der Waals surface area (Å²) in [5, 5.41) is 3.90. The third-order valence-electron chi connectivity index (χ3n) is 7.67. The zero-order chi connectivity index (χ0) is 26.4. The number of nitrogens with two attached hydrogens (primary N) is 1. The quantitative estimate of drug-likeness (QED) is 0.472. The van der Waals surface area contributed by atoms with Crippen LogP contribution < -0.4 is 15.4 Å². The summed E-state index contributed by atoms with van der Waals surface area (Å²) < 4.78 is 43.8. The fourth-order valence-corrected chi connectivity index (χ4v) is 5.14. The Kier molecular flexibility index (Phi) is 9.09. The van der Waals surface area contributed by atoms with Crippen molar-refractivity contribution in [2.45, 2.75) is 50.7 Å². The van der Waals surface area contributed by atoms with Gasteiger partial charge in [0.05, 0.1) is 6.61 Å². The number of carbonyl (C=O) groups excluding carboxylic acids is 1. The molecule has 204 valence electrons. The maximum Gasteiger partial charge on any atom is 0.324 e. The van der Waals surface area contributed by atoms with E-state index < -0.39 is 11.6 Å². The largest absolute Gasteiger partial charge is 0.493 e. The van der Waals surface area contributed by atoms with Crippen LogP contribution in [0.4, 0.5) is 14.8 Å². The van der Waals surface area contributed by atoms with E-state index in [1.54, 1.807) is 7.11 Å². The van der Waals surface area contributed by atoms with Gasteiger partial charge in [0.15, 0.2) is 5.82 Å². The smallest absolute Gasteiger partial charge is 0.324 e. The number of nitrogens with zero attached hydrogens (tertiary/aromatic N) is 4.